The molecule has 1 heterocycles. The predicted molar refractivity (Wildman–Crippen MR) is 91.9 cm³/mol. The van der Waals surface area contributed by atoms with Crippen LogP contribution in [0.1, 0.15) is 51.1 Å². The zero-order valence-electron chi connectivity index (χ0n) is 13.8. The van der Waals surface area contributed by atoms with Gasteiger partial charge in [0.1, 0.15) is 0 Å². The number of hydrogen-bond donors (Lipinski definition) is 1. The van der Waals surface area contributed by atoms with Crippen molar-refractivity contribution in [3.8, 4) is 0 Å². The minimum atomic E-state index is 0.290. The summed E-state index contributed by atoms with van der Waals surface area (Å²) in [4.78, 5) is 15.0. The number of carbonyl (C=O) groups is 1. The summed E-state index contributed by atoms with van der Waals surface area (Å²) < 4.78 is 0. The van der Waals surface area contributed by atoms with Crippen LogP contribution in [0.15, 0.2) is 16.8 Å². The van der Waals surface area contributed by atoms with Crippen molar-refractivity contribution in [3.63, 3.8) is 0 Å². The Labute approximate surface area is 138 Å². The Balaban J connectivity index is 1.60. The van der Waals surface area contributed by atoms with Gasteiger partial charge >= 0.3 is 0 Å². The van der Waals surface area contributed by atoms with Crippen LogP contribution in [0.2, 0.25) is 0 Å². The third kappa shape index (κ3) is 3.23. The smallest absolute Gasteiger partial charge is 0.223 e. The molecule has 1 aromatic heterocycles. The van der Waals surface area contributed by atoms with E-state index in [0.717, 1.165) is 32.0 Å². The number of fused-ring (bicyclic) bond motifs is 2. The molecular formula is C18H28N2OS. The quantitative estimate of drug-likeness (QED) is 0.831. The molecule has 3 rings (SSSR count). The standard InChI is InChI=1S/C18H28N2OS/c1-3-20(4-2)17(15-7-8-22-12-15)11-19-18(21)16-10-13-5-6-14(16)9-13/h7-8,12-14,16-17H,3-6,9-11H2,1-2H3,(H,19,21)/t13-,14-,16-,17+/m0/s1. The SMILES string of the molecule is CCN(CC)[C@H](CNC(=O)[C@H]1C[C@H]2CC[C@H]1C2)c1ccsc1. The van der Waals surface area contributed by atoms with E-state index in [1.54, 1.807) is 11.3 Å². The number of hydrogen-bond acceptors (Lipinski definition) is 3. The number of rotatable bonds is 7. The highest BCUT2D eigenvalue weighted by atomic mass is 32.1. The van der Waals surface area contributed by atoms with Crippen molar-refractivity contribution in [1.82, 2.24) is 10.2 Å². The monoisotopic (exact) mass is 320 g/mol. The minimum absolute atomic E-state index is 0.290. The minimum Gasteiger partial charge on any atom is -0.354 e. The predicted octanol–water partition coefficient (Wildman–Crippen LogP) is 3.68. The summed E-state index contributed by atoms with van der Waals surface area (Å²) in [7, 11) is 0. The number of nitrogens with zero attached hydrogens (tertiary/aromatic N) is 1. The van der Waals surface area contributed by atoms with E-state index >= 15 is 0 Å². The van der Waals surface area contributed by atoms with Gasteiger partial charge in [-0.05, 0) is 66.6 Å². The highest BCUT2D eigenvalue weighted by Gasteiger charge is 2.43. The molecular weight excluding hydrogens is 292 g/mol. The van der Waals surface area contributed by atoms with Crippen LogP contribution in [0.4, 0.5) is 0 Å². The van der Waals surface area contributed by atoms with Crippen LogP contribution in [-0.2, 0) is 4.79 Å². The van der Waals surface area contributed by atoms with Crippen molar-refractivity contribution in [2.45, 2.75) is 45.6 Å². The second-order valence-corrected chi connectivity index (χ2v) is 7.60. The fourth-order valence-electron chi connectivity index (χ4n) is 4.48. The molecule has 22 heavy (non-hydrogen) atoms. The average molecular weight is 321 g/mol. The van der Waals surface area contributed by atoms with Crippen molar-refractivity contribution in [2.75, 3.05) is 19.6 Å². The highest BCUT2D eigenvalue weighted by molar-refractivity contribution is 7.07. The first-order valence-corrected chi connectivity index (χ1v) is 9.71. The van der Waals surface area contributed by atoms with Crippen molar-refractivity contribution >= 4 is 17.2 Å². The Hall–Kier alpha value is -0.870. The van der Waals surface area contributed by atoms with Crippen LogP contribution in [0.5, 0.6) is 0 Å². The molecule has 122 valence electrons. The van der Waals surface area contributed by atoms with Gasteiger partial charge in [0.25, 0.3) is 0 Å². The molecule has 0 unspecified atom stereocenters. The van der Waals surface area contributed by atoms with E-state index in [4.69, 9.17) is 0 Å². The Bertz CT molecular complexity index is 483. The molecule has 1 aromatic rings. The van der Waals surface area contributed by atoms with Crippen LogP contribution in [0, 0.1) is 17.8 Å². The maximum absolute atomic E-state index is 12.6. The normalized spacial score (nSPS) is 28.2. The topological polar surface area (TPSA) is 32.3 Å². The van der Waals surface area contributed by atoms with Gasteiger partial charge < -0.3 is 5.32 Å². The molecule has 0 radical (unpaired) electrons. The van der Waals surface area contributed by atoms with E-state index in [-0.39, 0.29) is 0 Å². The summed E-state index contributed by atoms with van der Waals surface area (Å²) in [5.41, 5.74) is 1.34. The molecule has 0 aromatic carbocycles. The van der Waals surface area contributed by atoms with Crippen molar-refractivity contribution in [1.29, 1.82) is 0 Å². The summed E-state index contributed by atoms with van der Waals surface area (Å²) in [6.07, 6.45) is 5.05. The maximum atomic E-state index is 12.6. The van der Waals surface area contributed by atoms with Crippen LogP contribution in [-0.4, -0.2) is 30.4 Å². The van der Waals surface area contributed by atoms with Crippen LogP contribution < -0.4 is 5.32 Å². The second kappa shape index (κ2) is 7.14. The number of nitrogens with one attached hydrogen (secondary N) is 1. The zero-order chi connectivity index (χ0) is 15.5. The van der Waals surface area contributed by atoms with E-state index in [9.17, 15) is 4.79 Å². The highest BCUT2D eigenvalue weighted by Crippen LogP contribution is 2.48. The molecule has 0 saturated heterocycles. The number of carbonyl (C=O) groups excluding carboxylic acids is 1. The van der Waals surface area contributed by atoms with Crippen LogP contribution in [0.3, 0.4) is 0 Å². The molecule has 0 spiro atoms. The largest absolute Gasteiger partial charge is 0.354 e. The number of likely N-dealkylation sites (N-methyl/N-ethyl adjacent to an activating group) is 1. The molecule has 2 aliphatic carbocycles. The van der Waals surface area contributed by atoms with Gasteiger partial charge in [-0.15, -0.1) is 0 Å². The van der Waals surface area contributed by atoms with E-state index in [1.165, 1.54) is 24.8 Å². The molecule has 2 saturated carbocycles. The van der Waals surface area contributed by atoms with E-state index in [2.05, 4.69) is 40.9 Å². The average Bonchev–Trinajstić information content (AvgIpc) is 3.28. The summed E-state index contributed by atoms with van der Waals surface area (Å²) in [6.45, 7) is 7.16. The fourth-order valence-corrected chi connectivity index (χ4v) is 5.19. The van der Waals surface area contributed by atoms with Gasteiger partial charge in [-0.3, -0.25) is 9.69 Å². The van der Waals surface area contributed by atoms with Crippen LogP contribution in [0.25, 0.3) is 0 Å². The molecule has 1 N–H and O–H groups in total. The molecule has 2 bridgehead atoms. The van der Waals surface area contributed by atoms with Crippen molar-refractivity contribution in [2.24, 2.45) is 17.8 Å². The Morgan fingerprint density at radius 3 is 2.73 bits per heavy atom. The first kappa shape index (κ1) is 16.0. The third-order valence-electron chi connectivity index (χ3n) is 5.73. The summed E-state index contributed by atoms with van der Waals surface area (Å²) >= 11 is 1.74. The molecule has 4 atom stereocenters. The molecule has 0 aliphatic heterocycles. The molecule has 1 amide bonds. The Morgan fingerprint density at radius 2 is 2.18 bits per heavy atom. The molecule has 3 nitrogen and oxygen atoms in total. The van der Waals surface area contributed by atoms with Gasteiger partial charge in [0.15, 0.2) is 0 Å². The lowest BCUT2D eigenvalue weighted by Crippen LogP contribution is -2.41. The van der Waals surface area contributed by atoms with Gasteiger partial charge in [-0.25, -0.2) is 0 Å². The van der Waals surface area contributed by atoms with Crippen molar-refractivity contribution < 1.29 is 4.79 Å². The molecule has 2 aliphatic rings. The molecule has 4 heteroatoms. The Kier molecular flexibility index (Phi) is 5.19. The second-order valence-electron chi connectivity index (χ2n) is 6.82. The molecule has 2 fully saturated rings. The van der Waals surface area contributed by atoms with Gasteiger partial charge in [0, 0.05) is 12.5 Å². The lowest BCUT2D eigenvalue weighted by Gasteiger charge is -2.30. The summed E-state index contributed by atoms with van der Waals surface area (Å²) in [5, 5.41) is 7.61. The first-order valence-electron chi connectivity index (χ1n) is 8.76. The number of amides is 1. The van der Waals surface area contributed by atoms with Gasteiger partial charge in [-0.2, -0.15) is 11.3 Å². The lowest BCUT2D eigenvalue weighted by molar-refractivity contribution is -0.126. The van der Waals surface area contributed by atoms with E-state index in [1.807, 2.05) is 0 Å². The number of thiophene rings is 1. The zero-order valence-corrected chi connectivity index (χ0v) is 14.6. The van der Waals surface area contributed by atoms with Gasteiger partial charge in [-0.1, -0.05) is 20.3 Å². The fraction of sp³-hybridized carbons (Fsp3) is 0.722. The summed E-state index contributed by atoms with van der Waals surface area (Å²) in [6, 6.07) is 2.50. The van der Waals surface area contributed by atoms with Crippen LogP contribution >= 0.6 is 11.3 Å². The Morgan fingerprint density at radius 1 is 1.36 bits per heavy atom. The third-order valence-corrected chi connectivity index (χ3v) is 6.43. The first-order chi connectivity index (χ1) is 10.7. The van der Waals surface area contributed by atoms with Gasteiger partial charge in [0.2, 0.25) is 5.91 Å². The van der Waals surface area contributed by atoms with Crippen molar-refractivity contribution in [3.05, 3.63) is 22.4 Å². The maximum Gasteiger partial charge on any atom is 0.223 e. The van der Waals surface area contributed by atoms with Gasteiger partial charge in [0.05, 0.1) is 6.04 Å². The summed E-state index contributed by atoms with van der Waals surface area (Å²) in [5.74, 6) is 2.09. The van der Waals surface area contributed by atoms with E-state index in [0.29, 0.717) is 23.8 Å². The van der Waals surface area contributed by atoms with E-state index < -0.39 is 0 Å². The lowest BCUT2D eigenvalue weighted by atomic mass is 9.88.